The van der Waals surface area contributed by atoms with Gasteiger partial charge in [-0.1, -0.05) is 0 Å². The van der Waals surface area contributed by atoms with E-state index in [1.807, 2.05) is 0 Å². The maximum Gasteiger partial charge on any atom is 0.163 e. The van der Waals surface area contributed by atoms with Gasteiger partial charge < -0.3 is 0 Å². The molecule has 3 heteroatoms. The van der Waals surface area contributed by atoms with Crippen LogP contribution in [0.5, 0.6) is 0 Å². The third-order valence-corrected chi connectivity index (χ3v) is 2.97. The van der Waals surface area contributed by atoms with Crippen molar-refractivity contribution in [3.8, 4) is 0 Å². The highest BCUT2D eigenvalue weighted by molar-refractivity contribution is 5.98. The van der Waals surface area contributed by atoms with Crippen molar-refractivity contribution in [3.05, 3.63) is 34.4 Å². The van der Waals surface area contributed by atoms with Crippen LogP contribution in [0.25, 0.3) is 0 Å². The van der Waals surface area contributed by atoms with Crippen molar-refractivity contribution in [2.45, 2.75) is 32.6 Å². The van der Waals surface area contributed by atoms with Crippen LogP contribution in [0.1, 0.15) is 40.7 Å². The molecule has 0 saturated heterocycles. The molecule has 0 unspecified atom stereocenters. The normalized spacial score (nSPS) is 16.1. The molecule has 0 amide bonds. The number of benzene rings is 1. The van der Waals surface area contributed by atoms with Gasteiger partial charge in [0.1, 0.15) is 0 Å². The first kappa shape index (κ1) is 10.3. The zero-order valence-electron chi connectivity index (χ0n) is 8.57. The maximum absolute atomic E-state index is 13.3. The van der Waals surface area contributed by atoms with Crippen molar-refractivity contribution in [1.82, 2.24) is 0 Å². The smallest absolute Gasteiger partial charge is 0.163 e. The summed E-state index contributed by atoms with van der Waals surface area (Å²) in [7, 11) is 0. The van der Waals surface area contributed by atoms with Crippen LogP contribution in [0, 0.1) is 18.6 Å². The summed E-state index contributed by atoms with van der Waals surface area (Å²) in [5, 5.41) is 0. The van der Waals surface area contributed by atoms with Gasteiger partial charge in [0.25, 0.3) is 0 Å². The molecule has 0 saturated carbocycles. The number of halogens is 2. The number of ketones is 1. The first-order valence-corrected chi connectivity index (χ1v) is 5.12. The van der Waals surface area contributed by atoms with Gasteiger partial charge in [-0.2, -0.15) is 0 Å². The molecule has 0 radical (unpaired) electrons. The van der Waals surface area contributed by atoms with E-state index in [0.717, 1.165) is 18.9 Å². The summed E-state index contributed by atoms with van der Waals surface area (Å²) in [5.74, 6) is -1.80. The van der Waals surface area contributed by atoms with Crippen LogP contribution in [0.15, 0.2) is 6.07 Å². The average molecular weight is 210 g/mol. The lowest BCUT2D eigenvalue weighted by molar-refractivity contribution is 0.0981. The van der Waals surface area contributed by atoms with E-state index in [1.54, 1.807) is 0 Å². The summed E-state index contributed by atoms with van der Waals surface area (Å²) in [5.41, 5.74) is 1.36. The Hall–Kier alpha value is -1.25. The van der Waals surface area contributed by atoms with Gasteiger partial charge in [0, 0.05) is 12.0 Å². The third kappa shape index (κ3) is 1.66. The Morgan fingerprint density at radius 1 is 1.20 bits per heavy atom. The molecule has 0 atom stereocenters. The van der Waals surface area contributed by atoms with E-state index in [0.29, 0.717) is 29.5 Å². The molecule has 0 spiro atoms. The fourth-order valence-corrected chi connectivity index (χ4v) is 2.08. The molecule has 1 aromatic carbocycles. The monoisotopic (exact) mass is 210 g/mol. The summed E-state index contributed by atoms with van der Waals surface area (Å²) in [6.07, 6.45) is 2.78. The minimum absolute atomic E-state index is 0.0653. The van der Waals surface area contributed by atoms with E-state index in [-0.39, 0.29) is 5.78 Å². The first-order valence-electron chi connectivity index (χ1n) is 5.12. The van der Waals surface area contributed by atoms with Crippen LogP contribution in [0.4, 0.5) is 8.78 Å². The molecule has 1 nitrogen and oxygen atoms in total. The lowest BCUT2D eigenvalue weighted by atomic mass is 9.96. The van der Waals surface area contributed by atoms with E-state index in [2.05, 4.69) is 0 Å². The molecule has 0 aromatic heterocycles. The molecule has 2 rings (SSSR count). The standard InChI is InChI=1S/C12H12F2O/c1-7-8-4-2-3-5-11(15)9(8)6-10(13)12(7)14/h6H,2-5H2,1H3. The number of Topliss-reactive ketones (excluding diaryl/α,β-unsaturated/α-hetero) is 1. The van der Waals surface area contributed by atoms with Crippen molar-refractivity contribution in [1.29, 1.82) is 0 Å². The molecule has 0 fully saturated rings. The molecule has 15 heavy (non-hydrogen) atoms. The third-order valence-electron chi connectivity index (χ3n) is 2.97. The van der Waals surface area contributed by atoms with E-state index in [4.69, 9.17) is 0 Å². The minimum Gasteiger partial charge on any atom is -0.294 e. The van der Waals surface area contributed by atoms with Crippen LogP contribution in [-0.4, -0.2) is 5.78 Å². The Balaban J connectivity index is 2.65. The zero-order chi connectivity index (χ0) is 11.0. The number of rotatable bonds is 0. The maximum atomic E-state index is 13.3. The topological polar surface area (TPSA) is 17.1 Å². The van der Waals surface area contributed by atoms with Gasteiger partial charge >= 0.3 is 0 Å². The fourth-order valence-electron chi connectivity index (χ4n) is 2.08. The largest absolute Gasteiger partial charge is 0.294 e. The lowest BCUT2D eigenvalue weighted by Gasteiger charge is -2.09. The highest BCUT2D eigenvalue weighted by Gasteiger charge is 2.21. The van der Waals surface area contributed by atoms with E-state index < -0.39 is 11.6 Å². The second-order valence-corrected chi connectivity index (χ2v) is 3.95. The zero-order valence-corrected chi connectivity index (χ0v) is 8.57. The highest BCUT2D eigenvalue weighted by Crippen LogP contribution is 2.26. The Morgan fingerprint density at radius 2 is 1.87 bits per heavy atom. The van der Waals surface area contributed by atoms with Crippen molar-refractivity contribution < 1.29 is 13.6 Å². The molecule has 0 N–H and O–H groups in total. The summed E-state index contributed by atoms with van der Waals surface area (Å²) < 4.78 is 26.4. The molecular formula is C12H12F2O. The molecule has 0 heterocycles. The molecular weight excluding hydrogens is 198 g/mol. The Morgan fingerprint density at radius 3 is 2.60 bits per heavy atom. The van der Waals surface area contributed by atoms with Crippen LogP contribution in [0.2, 0.25) is 0 Å². The van der Waals surface area contributed by atoms with Crippen LogP contribution in [0.3, 0.4) is 0 Å². The van der Waals surface area contributed by atoms with E-state index in [1.165, 1.54) is 6.92 Å². The van der Waals surface area contributed by atoms with Crippen LogP contribution < -0.4 is 0 Å². The quantitative estimate of drug-likeness (QED) is 0.601. The van der Waals surface area contributed by atoms with E-state index >= 15 is 0 Å². The fraction of sp³-hybridized carbons (Fsp3) is 0.417. The summed E-state index contributed by atoms with van der Waals surface area (Å²) >= 11 is 0. The molecule has 1 aromatic rings. The first-order chi connectivity index (χ1) is 7.11. The summed E-state index contributed by atoms with van der Waals surface area (Å²) in [6.45, 7) is 1.54. The number of carbonyl (C=O) groups is 1. The summed E-state index contributed by atoms with van der Waals surface area (Å²) in [4.78, 5) is 11.6. The van der Waals surface area contributed by atoms with Crippen molar-refractivity contribution in [2.75, 3.05) is 0 Å². The van der Waals surface area contributed by atoms with Gasteiger partial charge in [-0.15, -0.1) is 0 Å². The minimum atomic E-state index is -0.915. The number of hydrogen-bond acceptors (Lipinski definition) is 1. The highest BCUT2D eigenvalue weighted by atomic mass is 19.2. The van der Waals surface area contributed by atoms with Gasteiger partial charge in [-0.05, 0) is 43.4 Å². The molecule has 1 aliphatic rings. The van der Waals surface area contributed by atoms with Gasteiger partial charge in [0.15, 0.2) is 17.4 Å². The average Bonchev–Trinajstić information content (AvgIpc) is 2.39. The second-order valence-electron chi connectivity index (χ2n) is 3.95. The van der Waals surface area contributed by atoms with Crippen molar-refractivity contribution in [2.24, 2.45) is 0 Å². The summed E-state index contributed by atoms with van der Waals surface area (Å²) in [6, 6.07) is 1.05. The SMILES string of the molecule is Cc1c(F)c(F)cc2c1CCCCC2=O. The molecule has 1 aliphatic carbocycles. The van der Waals surface area contributed by atoms with Gasteiger partial charge in [-0.3, -0.25) is 4.79 Å². The van der Waals surface area contributed by atoms with Crippen LogP contribution in [-0.2, 0) is 6.42 Å². The lowest BCUT2D eigenvalue weighted by Crippen LogP contribution is -2.06. The van der Waals surface area contributed by atoms with Gasteiger partial charge in [-0.25, -0.2) is 8.78 Å². The Labute approximate surface area is 87.1 Å². The van der Waals surface area contributed by atoms with Crippen molar-refractivity contribution in [3.63, 3.8) is 0 Å². The molecule has 80 valence electrons. The van der Waals surface area contributed by atoms with Gasteiger partial charge in [0.2, 0.25) is 0 Å². The second kappa shape index (κ2) is 3.72. The predicted molar refractivity (Wildman–Crippen MR) is 53.0 cm³/mol. The van der Waals surface area contributed by atoms with E-state index in [9.17, 15) is 13.6 Å². The molecule has 0 aliphatic heterocycles. The number of hydrogen-bond donors (Lipinski definition) is 0. The molecule has 0 bridgehead atoms. The van der Waals surface area contributed by atoms with Crippen LogP contribution >= 0.6 is 0 Å². The predicted octanol–water partition coefficient (Wildman–Crippen LogP) is 3.18. The van der Waals surface area contributed by atoms with Gasteiger partial charge in [0.05, 0.1) is 0 Å². The number of carbonyl (C=O) groups excluding carboxylic acids is 1. The number of fused-ring (bicyclic) bond motifs is 1. The Bertz CT molecular complexity index is 424. The Kier molecular flexibility index (Phi) is 2.55. The van der Waals surface area contributed by atoms with Crippen molar-refractivity contribution >= 4 is 5.78 Å².